The Morgan fingerprint density at radius 1 is 1.12 bits per heavy atom. The van der Waals surface area contributed by atoms with E-state index in [2.05, 4.69) is 4.98 Å². The van der Waals surface area contributed by atoms with Crippen LogP contribution in [0.2, 0.25) is 5.02 Å². The maximum Gasteiger partial charge on any atom is 0.301 e. The smallest absolute Gasteiger partial charge is 0.301 e. The number of ether oxygens (including phenoxy) is 1. The van der Waals surface area contributed by atoms with Crippen LogP contribution < -0.4 is 9.64 Å². The van der Waals surface area contributed by atoms with E-state index in [0.717, 1.165) is 0 Å². The van der Waals surface area contributed by atoms with Crippen LogP contribution in [0.3, 0.4) is 0 Å². The fourth-order valence-electron chi connectivity index (χ4n) is 3.83. The van der Waals surface area contributed by atoms with Gasteiger partial charge in [0.15, 0.2) is 0 Å². The highest BCUT2D eigenvalue weighted by molar-refractivity contribution is 6.51. The van der Waals surface area contributed by atoms with Crippen LogP contribution in [-0.2, 0) is 9.59 Å². The van der Waals surface area contributed by atoms with Gasteiger partial charge in [0.2, 0.25) is 0 Å². The number of Topliss-reactive ketones (excluding diaryl/α,β-unsaturated/α-hetero) is 1. The van der Waals surface area contributed by atoms with E-state index >= 15 is 0 Å². The van der Waals surface area contributed by atoms with Gasteiger partial charge in [0, 0.05) is 16.8 Å². The Morgan fingerprint density at radius 2 is 1.88 bits per heavy atom. The molecule has 0 saturated carbocycles. The number of rotatable bonds is 5. The zero-order valence-electron chi connectivity index (χ0n) is 17.6. The van der Waals surface area contributed by atoms with Gasteiger partial charge in [-0.1, -0.05) is 29.8 Å². The number of carbonyl (C=O) groups excluding carboxylic acids is 2. The van der Waals surface area contributed by atoms with Crippen molar-refractivity contribution in [3.8, 4) is 5.75 Å². The van der Waals surface area contributed by atoms with Crippen LogP contribution in [0, 0.1) is 6.92 Å². The summed E-state index contributed by atoms with van der Waals surface area (Å²) in [4.78, 5) is 31.8. The zero-order valence-corrected chi connectivity index (χ0v) is 18.3. The molecule has 2 aromatic carbocycles. The number of nitrogens with zero attached hydrogens (tertiary/aromatic N) is 2. The van der Waals surface area contributed by atoms with Crippen LogP contribution >= 0.6 is 11.6 Å². The third-order valence-corrected chi connectivity index (χ3v) is 5.54. The third-order valence-electron chi connectivity index (χ3n) is 5.29. The summed E-state index contributed by atoms with van der Waals surface area (Å²) in [5, 5.41) is 11.8. The minimum atomic E-state index is -0.854. The Morgan fingerprint density at radius 3 is 2.50 bits per heavy atom. The van der Waals surface area contributed by atoms with Crippen LogP contribution in [0.4, 0.5) is 5.82 Å². The Balaban J connectivity index is 1.91. The topological polar surface area (TPSA) is 79.7 Å². The van der Waals surface area contributed by atoms with Crippen molar-refractivity contribution in [3.63, 3.8) is 0 Å². The lowest BCUT2D eigenvalue weighted by molar-refractivity contribution is -0.132. The average molecular weight is 449 g/mol. The van der Waals surface area contributed by atoms with Crippen LogP contribution in [0.5, 0.6) is 5.75 Å². The first-order chi connectivity index (χ1) is 15.4. The number of hydrogen-bond acceptors (Lipinski definition) is 5. The molecule has 0 unspecified atom stereocenters. The monoisotopic (exact) mass is 448 g/mol. The number of aliphatic hydroxyl groups is 1. The van der Waals surface area contributed by atoms with Crippen LogP contribution in [0.25, 0.3) is 5.76 Å². The molecular weight excluding hydrogens is 428 g/mol. The molecule has 3 aromatic rings. The lowest BCUT2D eigenvalue weighted by atomic mass is 9.94. The van der Waals surface area contributed by atoms with Crippen molar-refractivity contribution in [2.75, 3.05) is 11.5 Å². The summed E-state index contributed by atoms with van der Waals surface area (Å²) in [5.41, 5.74) is 1.79. The van der Waals surface area contributed by atoms with Gasteiger partial charge in [0.05, 0.1) is 18.2 Å². The van der Waals surface area contributed by atoms with E-state index in [4.69, 9.17) is 16.3 Å². The van der Waals surface area contributed by atoms with Gasteiger partial charge in [0.25, 0.3) is 5.78 Å². The molecule has 1 aromatic heterocycles. The predicted octanol–water partition coefficient (Wildman–Crippen LogP) is 5.07. The second-order valence-corrected chi connectivity index (χ2v) is 7.75. The van der Waals surface area contributed by atoms with E-state index in [1.165, 1.54) is 4.90 Å². The predicted molar refractivity (Wildman–Crippen MR) is 123 cm³/mol. The fraction of sp³-hybridized carbons (Fsp3) is 0.160. The molecule has 1 atom stereocenters. The van der Waals surface area contributed by atoms with Gasteiger partial charge in [-0.3, -0.25) is 14.5 Å². The van der Waals surface area contributed by atoms with E-state index in [-0.39, 0.29) is 11.3 Å². The minimum absolute atomic E-state index is 0.00441. The Hall–Kier alpha value is -3.64. The molecule has 7 heteroatoms. The van der Waals surface area contributed by atoms with E-state index in [1.807, 2.05) is 13.8 Å². The number of hydrogen-bond donors (Lipinski definition) is 1. The summed E-state index contributed by atoms with van der Waals surface area (Å²) in [6, 6.07) is 16.3. The van der Waals surface area contributed by atoms with Crippen molar-refractivity contribution in [1.82, 2.24) is 4.98 Å². The average Bonchev–Trinajstić information content (AvgIpc) is 3.05. The Bertz CT molecular complexity index is 1210. The van der Waals surface area contributed by atoms with Crippen molar-refractivity contribution < 1.29 is 19.4 Å². The lowest BCUT2D eigenvalue weighted by Crippen LogP contribution is -2.30. The first-order valence-corrected chi connectivity index (χ1v) is 10.5. The highest BCUT2D eigenvalue weighted by Gasteiger charge is 2.47. The summed E-state index contributed by atoms with van der Waals surface area (Å²) < 4.78 is 5.51. The number of aromatic nitrogens is 1. The number of halogens is 1. The summed E-state index contributed by atoms with van der Waals surface area (Å²) in [7, 11) is 0. The van der Waals surface area contributed by atoms with Crippen molar-refractivity contribution in [3.05, 3.63) is 94.1 Å². The second-order valence-electron chi connectivity index (χ2n) is 7.32. The molecule has 0 bridgehead atoms. The lowest BCUT2D eigenvalue weighted by Gasteiger charge is -2.24. The summed E-state index contributed by atoms with van der Waals surface area (Å²) in [6.45, 7) is 4.20. The highest BCUT2D eigenvalue weighted by Crippen LogP contribution is 2.42. The van der Waals surface area contributed by atoms with Crippen molar-refractivity contribution in [2.45, 2.75) is 19.9 Å². The number of carbonyl (C=O) groups is 2. The molecule has 0 spiro atoms. The maximum atomic E-state index is 13.1. The molecule has 1 amide bonds. The number of amides is 1. The SMILES string of the molecule is CCOc1ccc(C(O)=C2C(=O)C(=O)N(c3ccccn3)[C@H]2c2ccc(Cl)cc2)c(C)c1. The van der Waals surface area contributed by atoms with E-state index in [0.29, 0.717) is 39.9 Å². The number of aliphatic hydroxyl groups excluding tert-OH is 1. The number of ketones is 1. The van der Waals surface area contributed by atoms with Gasteiger partial charge in [0.1, 0.15) is 17.3 Å². The van der Waals surface area contributed by atoms with E-state index in [1.54, 1.807) is 66.9 Å². The molecule has 0 radical (unpaired) electrons. The third kappa shape index (κ3) is 3.85. The standard InChI is InChI=1S/C25H21ClN2O4/c1-3-32-18-11-12-19(15(2)14-18)23(29)21-22(16-7-9-17(26)10-8-16)28(25(31)24(21)30)20-6-4-5-13-27-20/h4-14,22,29H,3H2,1-2H3/t22-/m0/s1. The molecule has 1 aliphatic rings. The fourth-order valence-corrected chi connectivity index (χ4v) is 3.95. The molecule has 2 heterocycles. The summed E-state index contributed by atoms with van der Waals surface area (Å²) in [6.07, 6.45) is 1.55. The summed E-state index contributed by atoms with van der Waals surface area (Å²) in [5.74, 6) is -0.806. The summed E-state index contributed by atoms with van der Waals surface area (Å²) >= 11 is 6.05. The molecule has 1 aliphatic heterocycles. The molecule has 1 N–H and O–H groups in total. The largest absolute Gasteiger partial charge is 0.507 e. The molecular formula is C25H21ClN2O4. The first-order valence-electron chi connectivity index (χ1n) is 10.1. The quantitative estimate of drug-likeness (QED) is 0.335. The van der Waals surface area contributed by atoms with Gasteiger partial charge < -0.3 is 9.84 Å². The van der Waals surface area contributed by atoms with Gasteiger partial charge >= 0.3 is 5.91 Å². The Kier molecular flexibility index (Phi) is 5.97. The molecule has 1 fully saturated rings. The van der Waals surface area contributed by atoms with Crippen LogP contribution in [-0.4, -0.2) is 28.4 Å². The first kappa shape index (κ1) is 21.6. The Labute approximate surface area is 190 Å². The molecule has 162 valence electrons. The van der Waals surface area contributed by atoms with E-state index in [9.17, 15) is 14.7 Å². The van der Waals surface area contributed by atoms with Crippen LogP contribution in [0.1, 0.15) is 29.7 Å². The maximum absolute atomic E-state index is 13.1. The minimum Gasteiger partial charge on any atom is -0.507 e. The molecule has 0 aliphatic carbocycles. The van der Waals surface area contributed by atoms with Crippen LogP contribution in [0.15, 0.2) is 72.4 Å². The van der Waals surface area contributed by atoms with Gasteiger partial charge in [-0.15, -0.1) is 0 Å². The van der Waals surface area contributed by atoms with Gasteiger partial charge in [-0.05, 0) is 67.4 Å². The zero-order chi connectivity index (χ0) is 22.8. The molecule has 4 rings (SSSR count). The number of pyridine rings is 1. The number of aryl methyl sites for hydroxylation is 1. The molecule has 6 nitrogen and oxygen atoms in total. The number of benzene rings is 2. The van der Waals surface area contributed by atoms with E-state index < -0.39 is 17.7 Å². The van der Waals surface area contributed by atoms with Crippen molar-refractivity contribution in [1.29, 1.82) is 0 Å². The van der Waals surface area contributed by atoms with Gasteiger partial charge in [-0.2, -0.15) is 0 Å². The molecule has 32 heavy (non-hydrogen) atoms. The highest BCUT2D eigenvalue weighted by atomic mass is 35.5. The second kappa shape index (κ2) is 8.85. The van der Waals surface area contributed by atoms with Crippen molar-refractivity contribution >= 4 is 34.9 Å². The normalized spacial score (nSPS) is 17.6. The number of anilines is 1. The molecule has 1 saturated heterocycles. The van der Waals surface area contributed by atoms with Gasteiger partial charge in [-0.25, -0.2) is 4.98 Å². The van der Waals surface area contributed by atoms with Crippen molar-refractivity contribution in [2.24, 2.45) is 0 Å².